The van der Waals surface area contributed by atoms with Gasteiger partial charge >= 0.3 is 0 Å². The predicted molar refractivity (Wildman–Crippen MR) is 69.2 cm³/mol. The summed E-state index contributed by atoms with van der Waals surface area (Å²) in [7, 11) is 1.58. The van der Waals surface area contributed by atoms with Crippen molar-refractivity contribution in [1.29, 1.82) is 0 Å². The van der Waals surface area contributed by atoms with Gasteiger partial charge in [-0.15, -0.1) is 0 Å². The van der Waals surface area contributed by atoms with Crippen molar-refractivity contribution in [3.63, 3.8) is 0 Å². The number of aliphatic hydroxyl groups is 1. The van der Waals surface area contributed by atoms with Crippen LogP contribution in [0.1, 0.15) is 26.3 Å². The highest BCUT2D eigenvalue weighted by molar-refractivity contribution is 6.31. The second kappa shape index (κ2) is 6.12. The molecule has 4 heteroatoms. The van der Waals surface area contributed by atoms with Crippen molar-refractivity contribution in [1.82, 2.24) is 0 Å². The Morgan fingerprint density at radius 2 is 1.88 bits per heavy atom. The summed E-state index contributed by atoms with van der Waals surface area (Å²) in [6, 6.07) is 3.55. The third-order valence-corrected chi connectivity index (χ3v) is 2.56. The number of halogens is 1. The van der Waals surface area contributed by atoms with E-state index in [0.717, 1.165) is 5.56 Å². The molecule has 0 aliphatic heterocycles. The fourth-order valence-corrected chi connectivity index (χ4v) is 1.79. The molecule has 0 aliphatic rings. The molecule has 0 radical (unpaired) electrons. The van der Waals surface area contributed by atoms with Crippen LogP contribution in [0.15, 0.2) is 12.1 Å². The minimum atomic E-state index is -0.437. The maximum absolute atomic E-state index is 9.40. The van der Waals surface area contributed by atoms with Crippen LogP contribution in [0, 0.1) is 0 Å². The maximum atomic E-state index is 9.40. The normalized spacial score (nSPS) is 12.6. The lowest BCUT2D eigenvalue weighted by molar-refractivity contribution is 0.195. The van der Waals surface area contributed by atoms with Crippen LogP contribution in [0.5, 0.6) is 11.5 Å². The van der Waals surface area contributed by atoms with Crippen molar-refractivity contribution in [2.45, 2.75) is 39.4 Å². The molecule has 0 amide bonds. The van der Waals surface area contributed by atoms with Gasteiger partial charge in [0.05, 0.1) is 19.3 Å². The average Bonchev–Trinajstić information content (AvgIpc) is 2.21. The second-order valence-electron chi connectivity index (χ2n) is 4.31. The molecule has 1 aromatic rings. The topological polar surface area (TPSA) is 38.7 Å². The third-order valence-electron chi connectivity index (χ3n) is 2.21. The zero-order valence-corrected chi connectivity index (χ0v) is 11.4. The summed E-state index contributed by atoms with van der Waals surface area (Å²) < 4.78 is 10.9. The van der Waals surface area contributed by atoms with E-state index in [4.69, 9.17) is 21.1 Å². The third kappa shape index (κ3) is 4.10. The monoisotopic (exact) mass is 258 g/mol. The van der Waals surface area contributed by atoms with Crippen molar-refractivity contribution in [2.75, 3.05) is 7.11 Å². The molecule has 1 N–H and O–H groups in total. The van der Waals surface area contributed by atoms with Gasteiger partial charge in [-0.2, -0.15) is 0 Å². The Kier molecular flexibility index (Phi) is 5.09. The van der Waals surface area contributed by atoms with Crippen LogP contribution in [-0.4, -0.2) is 24.4 Å². The molecule has 0 aromatic heterocycles. The molecule has 0 spiro atoms. The van der Waals surface area contributed by atoms with Gasteiger partial charge in [0, 0.05) is 11.1 Å². The summed E-state index contributed by atoms with van der Waals surface area (Å²) in [6.07, 6.45) is 0.120. The molecule has 0 fully saturated rings. The Hall–Kier alpha value is -0.930. The van der Waals surface area contributed by atoms with E-state index in [1.807, 2.05) is 19.9 Å². The molecule has 96 valence electrons. The quantitative estimate of drug-likeness (QED) is 0.882. The Morgan fingerprint density at radius 3 is 2.35 bits per heavy atom. The van der Waals surface area contributed by atoms with Crippen molar-refractivity contribution in [3.8, 4) is 11.5 Å². The highest BCUT2D eigenvalue weighted by Crippen LogP contribution is 2.34. The number of ether oxygens (including phenoxy) is 2. The molecular weight excluding hydrogens is 240 g/mol. The second-order valence-corrected chi connectivity index (χ2v) is 4.72. The fraction of sp³-hybridized carbons (Fsp3) is 0.538. The Labute approximate surface area is 107 Å². The molecule has 0 heterocycles. The van der Waals surface area contributed by atoms with Crippen LogP contribution in [0.3, 0.4) is 0 Å². The molecule has 0 aliphatic carbocycles. The van der Waals surface area contributed by atoms with Crippen molar-refractivity contribution >= 4 is 11.6 Å². The summed E-state index contributed by atoms with van der Waals surface area (Å²) in [6.45, 7) is 5.62. The van der Waals surface area contributed by atoms with Crippen LogP contribution in [0.25, 0.3) is 0 Å². The minimum absolute atomic E-state index is 0.0597. The van der Waals surface area contributed by atoms with Crippen molar-refractivity contribution in [3.05, 3.63) is 22.7 Å². The first-order chi connectivity index (χ1) is 7.93. The summed E-state index contributed by atoms with van der Waals surface area (Å²) >= 11 is 6.11. The van der Waals surface area contributed by atoms with Crippen molar-refractivity contribution in [2.24, 2.45) is 0 Å². The predicted octanol–water partition coefficient (Wildman–Crippen LogP) is 3.06. The highest BCUT2D eigenvalue weighted by Gasteiger charge is 2.13. The molecule has 0 bridgehead atoms. The van der Waals surface area contributed by atoms with E-state index in [2.05, 4.69) is 0 Å². The number of aliphatic hydroxyl groups excluding tert-OH is 1. The largest absolute Gasteiger partial charge is 0.493 e. The molecule has 0 saturated carbocycles. The minimum Gasteiger partial charge on any atom is -0.493 e. The molecule has 17 heavy (non-hydrogen) atoms. The van der Waals surface area contributed by atoms with E-state index in [1.165, 1.54) is 0 Å². The molecule has 0 saturated heterocycles. The van der Waals surface area contributed by atoms with E-state index in [9.17, 15) is 5.11 Å². The summed E-state index contributed by atoms with van der Waals surface area (Å²) in [5.74, 6) is 1.26. The number of rotatable bonds is 5. The first-order valence-electron chi connectivity index (χ1n) is 5.65. The molecule has 1 aromatic carbocycles. The van der Waals surface area contributed by atoms with Crippen LogP contribution >= 0.6 is 11.6 Å². The Balaban J connectivity index is 3.08. The molecule has 1 unspecified atom stereocenters. The van der Waals surface area contributed by atoms with Crippen molar-refractivity contribution < 1.29 is 14.6 Å². The van der Waals surface area contributed by atoms with Gasteiger partial charge in [0.2, 0.25) is 0 Å². The summed E-state index contributed by atoms with van der Waals surface area (Å²) in [5.41, 5.74) is 0.859. The van der Waals surface area contributed by atoms with Gasteiger partial charge in [-0.3, -0.25) is 0 Å². The van der Waals surface area contributed by atoms with E-state index < -0.39 is 6.10 Å². The number of hydrogen-bond donors (Lipinski definition) is 1. The number of methoxy groups -OCH3 is 1. The zero-order valence-electron chi connectivity index (χ0n) is 10.7. The SMILES string of the molecule is COc1cc(Cl)c(CC(C)O)cc1OC(C)C. The van der Waals surface area contributed by atoms with Gasteiger partial charge in [0.1, 0.15) is 0 Å². The highest BCUT2D eigenvalue weighted by atomic mass is 35.5. The fourth-order valence-electron chi connectivity index (χ4n) is 1.56. The first-order valence-corrected chi connectivity index (χ1v) is 6.03. The maximum Gasteiger partial charge on any atom is 0.162 e. The zero-order chi connectivity index (χ0) is 13.0. The van der Waals surface area contributed by atoms with Gasteiger partial charge in [0.25, 0.3) is 0 Å². The van der Waals surface area contributed by atoms with E-state index >= 15 is 0 Å². The van der Waals surface area contributed by atoms with Gasteiger partial charge in [-0.1, -0.05) is 11.6 Å². The average molecular weight is 259 g/mol. The lowest BCUT2D eigenvalue weighted by Gasteiger charge is -2.16. The summed E-state index contributed by atoms with van der Waals surface area (Å²) in [5, 5.41) is 9.98. The van der Waals surface area contributed by atoms with Crippen LogP contribution < -0.4 is 9.47 Å². The van der Waals surface area contributed by atoms with E-state index in [-0.39, 0.29) is 6.10 Å². The Morgan fingerprint density at radius 1 is 1.24 bits per heavy atom. The van der Waals surface area contributed by atoms with Gasteiger partial charge in [0.15, 0.2) is 11.5 Å². The van der Waals surface area contributed by atoms with Crippen LogP contribution in [-0.2, 0) is 6.42 Å². The van der Waals surface area contributed by atoms with E-state index in [1.54, 1.807) is 20.1 Å². The molecular formula is C13H19ClO3. The molecule has 1 atom stereocenters. The smallest absolute Gasteiger partial charge is 0.162 e. The van der Waals surface area contributed by atoms with Crippen LogP contribution in [0.4, 0.5) is 0 Å². The first kappa shape index (κ1) is 14.1. The van der Waals surface area contributed by atoms with Crippen LogP contribution in [0.2, 0.25) is 5.02 Å². The molecule has 1 rings (SSSR count). The standard InChI is InChI=1S/C13H19ClO3/c1-8(2)17-13-6-10(5-9(3)15)11(14)7-12(13)16-4/h6-9,15H,5H2,1-4H3. The Bertz CT molecular complexity index is 375. The van der Waals surface area contributed by atoms with Gasteiger partial charge in [-0.25, -0.2) is 0 Å². The lowest BCUT2D eigenvalue weighted by Crippen LogP contribution is -2.09. The number of hydrogen-bond acceptors (Lipinski definition) is 3. The number of benzene rings is 1. The summed E-state index contributed by atoms with van der Waals surface area (Å²) in [4.78, 5) is 0. The van der Waals surface area contributed by atoms with Gasteiger partial charge in [-0.05, 0) is 38.8 Å². The lowest BCUT2D eigenvalue weighted by atomic mass is 10.1. The molecule has 3 nitrogen and oxygen atoms in total. The van der Waals surface area contributed by atoms with Gasteiger partial charge < -0.3 is 14.6 Å². The van der Waals surface area contributed by atoms with E-state index in [0.29, 0.717) is 22.9 Å².